The summed E-state index contributed by atoms with van der Waals surface area (Å²) in [6.07, 6.45) is 16.2. The molecule has 2 aliphatic carbocycles. The van der Waals surface area contributed by atoms with Gasteiger partial charge in [-0.2, -0.15) is 0 Å². The van der Waals surface area contributed by atoms with Crippen molar-refractivity contribution in [2.45, 2.75) is 116 Å². The van der Waals surface area contributed by atoms with E-state index in [1.54, 1.807) is 0 Å². The van der Waals surface area contributed by atoms with Crippen LogP contribution < -0.4 is 0 Å². The predicted octanol–water partition coefficient (Wildman–Crippen LogP) is 9.35. The van der Waals surface area contributed by atoms with Gasteiger partial charge in [0, 0.05) is 11.8 Å². The lowest BCUT2D eigenvalue weighted by atomic mass is 9.70. The van der Waals surface area contributed by atoms with E-state index >= 15 is 0 Å². The number of carbonyl (C=O) groups excluding carboxylic acids is 1. The molecular weight excluding hydrogens is 442 g/mol. The van der Waals surface area contributed by atoms with Crippen LogP contribution in [-0.4, -0.2) is 11.7 Å². The zero-order valence-electron chi connectivity index (χ0n) is 22.8. The SMILES string of the molecule is CCCCC1(CCCC)c2ccccc2-c2ccc(/C(CCC3CCCCC3)=N/OC(=O)CC)cc21. The number of fused-ring (bicyclic) bond motifs is 3. The van der Waals surface area contributed by atoms with E-state index in [0.29, 0.717) is 6.42 Å². The minimum atomic E-state index is -0.265. The molecular formula is C33H45NO2. The topological polar surface area (TPSA) is 38.7 Å². The lowest BCUT2D eigenvalue weighted by molar-refractivity contribution is -0.143. The number of hydrogen-bond acceptors (Lipinski definition) is 3. The molecule has 0 heterocycles. The predicted molar refractivity (Wildman–Crippen MR) is 150 cm³/mol. The van der Waals surface area contributed by atoms with Gasteiger partial charge in [0.05, 0.1) is 5.71 Å². The number of carbonyl (C=O) groups is 1. The Hall–Kier alpha value is -2.42. The van der Waals surface area contributed by atoms with E-state index in [-0.39, 0.29) is 11.4 Å². The molecule has 0 spiro atoms. The molecule has 0 aliphatic heterocycles. The van der Waals surface area contributed by atoms with Crippen molar-refractivity contribution in [3.8, 4) is 11.1 Å². The molecule has 0 saturated heterocycles. The van der Waals surface area contributed by atoms with Crippen LogP contribution in [0.5, 0.6) is 0 Å². The molecule has 3 nitrogen and oxygen atoms in total. The van der Waals surface area contributed by atoms with Crippen molar-refractivity contribution in [1.82, 2.24) is 0 Å². The maximum atomic E-state index is 12.0. The number of nitrogens with zero attached hydrogens (tertiary/aromatic N) is 1. The smallest absolute Gasteiger partial charge is 0.318 e. The second-order valence-electron chi connectivity index (χ2n) is 11.0. The molecule has 0 atom stereocenters. The normalized spacial score (nSPS) is 17.0. The third-order valence-electron chi connectivity index (χ3n) is 8.58. The summed E-state index contributed by atoms with van der Waals surface area (Å²) >= 11 is 0. The summed E-state index contributed by atoms with van der Waals surface area (Å²) in [5, 5.41) is 4.46. The Morgan fingerprint density at radius 2 is 1.61 bits per heavy atom. The van der Waals surface area contributed by atoms with Crippen molar-refractivity contribution in [2.75, 3.05) is 0 Å². The Bertz CT molecular complexity index is 1040. The molecule has 0 unspecified atom stereocenters. The first-order valence-corrected chi connectivity index (χ1v) is 14.6. The second kappa shape index (κ2) is 12.7. The van der Waals surface area contributed by atoms with E-state index in [0.717, 1.165) is 30.0 Å². The average Bonchev–Trinajstić information content (AvgIpc) is 3.20. The fourth-order valence-electron chi connectivity index (χ4n) is 6.49. The number of benzene rings is 2. The molecule has 4 rings (SSSR count). The summed E-state index contributed by atoms with van der Waals surface area (Å²) in [4.78, 5) is 17.4. The lowest BCUT2D eigenvalue weighted by Gasteiger charge is -2.33. The molecule has 1 saturated carbocycles. The van der Waals surface area contributed by atoms with E-state index in [9.17, 15) is 4.79 Å². The van der Waals surface area contributed by atoms with Gasteiger partial charge in [-0.15, -0.1) is 0 Å². The van der Waals surface area contributed by atoms with E-state index in [1.165, 1.54) is 92.9 Å². The number of oxime groups is 1. The molecule has 2 aromatic carbocycles. The quantitative estimate of drug-likeness (QED) is 0.170. The lowest BCUT2D eigenvalue weighted by Crippen LogP contribution is -2.25. The van der Waals surface area contributed by atoms with Gasteiger partial charge in [0.15, 0.2) is 0 Å². The highest BCUT2D eigenvalue weighted by molar-refractivity contribution is 6.01. The van der Waals surface area contributed by atoms with Crippen LogP contribution >= 0.6 is 0 Å². The molecule has 36 heavy (non-hydrogen) atoms. The Balaban J connectivity index is 1.73. The van der Waals surface area contributed by atoms with Crippen LogP contribution in [0.1, 0.15) is 127 Å². The van der Waals surface area contributed by atoms with E-state index < -0.39 is 0 Å². The molecule has 0 N–H and O–H groups in total. The molecule has 194 valence electrons. The monoisotopic (exact) mass is 487 g/mol. The molecule has 2 aromatic rings. The Kier molecular flexibility index (Phi) is 9.40. The summed E-state index contributed by atoms with van der Waals surface area (Å²) in [5.74, 6) is 0.497. The third-order valence-corrected chi connectivity index (χ3v) is 8.58. The van der Waals surface area contributed by atoms with Gasteiger partial charge >= 0.3 is 5.97 Å². The third kappa shape index (κ3) is 5.76. The molecule has 3 heteroatoms. The van der Waals surface area contributed by atoms with Crippen LogP contribution in [0, 0.1) is 5.92 Å². The van der Waals surface area contributed by atoms with Gasteiger partial charge in [-0.3, -0.25) is 0 Å². The molecule has 0 radical (unpaired) electrons. The zero-order valence-corrected chi connectivity index (χ0v) is 22.8. The van der Waals surface area contributed by atoms with Gasteiger partial charge in [-0.25, -0.2) is 4.79 Å². The van der Waals surface area contributed by atoms with Crippen LogP contribution in [0.15, 0.2) is 47.6 Å². The fourth-order valence-corrected chi connectivity index (χ4v) is 6.49. The highest BCUT2D eigenvalue weighted by Gasteiger charge is 2.42. The van der Waals surface area contributed by atoms with Gasteiger partial charge in [-0.1, -0.05) is 120 Å². The van der Waals surface area contributed by atoms with E-state index in [1.807, 2.05) is 6.92 Å². The molecule has 2 aliphatic rings. The molecule has 0 amide bonds. The minimum absolute atomic E-state index is 0.0581. The summed E-state index contributed by atoms with van der Waals surface area (Å²) in [5.41, 5.74) is 7.83. The zero-order chi connectivity index (χ0) is 25.4. The maximum Gasteiger partial charge on any atom is 0.334 e. The largest absolute Gasteiger partial charge is 0.334 e. The van der Waals surface area contributed by atoms with Crippen molar-refractivity contribution >= 4 is 11.7 Å². The number of hydrogen-bond donors (Lipinski definition) is 0. The fraction of sp³-hybridized carbons (Fsp3) is 0.576. The molecule has 1 fully saturated rings. The van der Waals surface area contributed by atoms with Crippen LogP contribution in [0.3, 0.4) is 0 Å². The summed E-state index contributed by atoms with van der Waals surface area (Å²) < 4.78 is 0. The highest BCUT2D eigenvalue weighted by atomic mass is 16.7. The minimum Gasteiger partial charge on any atom is -0.318 e. The first-order valence-electron chi connectivity index (χ1n) is 14.6. The van der Waals surface area contributed by atoms with Crippen molar-refractivity contribution in [2.24, 2.45) is 11.1 Å². The first-order chi connectivity index (χ1) is 17.6. The Morgan fingerprint density at radius 3 is 2.31 bits per heavy atom. The van der Waals surface area contributed by atoms with Gasteiger partial charge in [0.1, 0.15) is 0 Å². The summed E-state index contributed by atoms with van der Waals surface area (Å²) in [6.45, 7) is 6.41. The maximum absolute atomic E-state index is 12.0. The van der Waals surface area contributed by atoms with Crippen molar-refractivity contribution in [3.05, 3.63) is 59.2 Å². The van der Waals surface area contributed by atoms with E-state index in [4.69, 9.17) is 4.84 Å². The summed E-state index contributed by atoms with van der Waals surface area (Å²) in [7, 11) is 0. The van der Waals surface area contributed by atoms with Crippen LogP contribution in [-0.2, 0) is 15.0 Å². The standard InChI is InChI=1S/C33H45NO2/c1-4-7-22-33(23-8-5-2)29-17-13-12-16-27(29)28-20-19-26(24-30(28)33)31(34-36-32(35)6-3)21-18-25-14-10-9-11-15-25/h12-13,16-17,19-20,24-25H,4-11,14-15,18,21-23H2,1-3H3/b34-31+. The van der Waals surface area contributed by atoms with Gasteiger partial charge in [-0.05, 0) is 65.5 Å². The van der Waals surface area contributed by atoms with Crippen molar-refractivity contribution < 1.29 is 9.63 Å². The van der Waals surface area contributed by atoms with Gasteiger partial charge < -0.3 is 4.84 Å². The van der Waals surface area contributed by atoms with Crippen LogP contribution in [0.4, 0.5) is 0 Å². The first kappa shape index (κ1) is 26.6. The highest BCUT2D eigenvalue weighted by Crippen LogP contribution is 2.54. The van der Waals surface area contributed by atoms with Gasteiger partial charge in [0.25, 0.3) is 0 Å². The Labute approximate surface area is 218 Å². The van der Waals surface area contributed by atoms with Crippen molar-refractivity contribution in [3.63, 3.8) is 0 Å². The van der Waals surface area contributed by atoms with Crippen LogP contribution in [0.2, 0.25) is 0 Å². The second-order valence-corrected chi connectivity index (χ2v) is 11.0. The average molecular weight is 488 g/mol. The van der Waals surface area contributed by atoms with E-state index in [2.05, 4.69) is 61.5 Å². The Morgan fingerprint density at radius 1 is 0.917 bits per heavy atom. The van der Waals surface area contributed by atoms with Gasteiger partial charge in [0.2, 0.25) is 0 Å². The molecule has 0 aromatic heterocycles. The number of rotatable bonds is 12. The van der Waals surface area contributed by atoms with Crippen LogP contribution in [0.25, 0.3) is 11.1 Å². The van der Waals surface area contributed by atoms with Crippen molar-refractivity contribution in [1.29, 1.82) is 0 Å². The number of unbranched alkanes of at least 4 members (excludes halogenated alkanes) is 2. The molecule has 0 bridgehead atoms. The summed E-state index contributed by atoms with van der Waals surface area (Å²) in [6, 6.07) is 16.0.